The van der Waals surface area contributed by atoms with E-state index in [-0.39, 0.29) is 11.7 Å². The minimum atomic E-state index is -0.159. The van der Waals surface area contributed by atoms with Crippen molar-refractivity contribution in [2.45, 2.75) is 12.1 Å². The molecule has 0 spiro atoms. The number of nitrogens with zero attached hydrogens (tertiary/aromatic N) is 5. The van der Waals surface area contributed by atoms with E-state index < -0.39 is 0 Å². The predicted molar refractivity (Wildman–Crippen MR) is 133 cm³/mol. The summed E-state index contributed by atoms with van der Waals surface area (Å²) in [7, 11) is 1.95. The molecule has 1 N–H and O–H groups in total. The van der Waals surface area contributed by atoms with Crippen LogP contribution in [0.1, 0.15) is 4.88 Å². The number of benzene rings is 2. The number of carbonyl (C=O) groups excluding carboxylic acids is 1. The third-order valence-corrected chi connectivity index (χ3v) is 7.18. The van der Waals surface area contributed by atoms with Crippen LogP contribution in [0, 0.1) is 6.92 Å². The molecule has 0 aliphatic carbocycles. The van der Waals surface area contributed by atoms with Gasteiger partial charge in [-0.2, -0.15) is 0 Å². The van der Waals surface area contributed by atoms with Crippen LogP contribution in [-0.2, 0) is 11.8 Å². The normalized spacial score (nSPS) is 11.3. The van der Waals surface area contributed by atoms with Crippen LogP contribution in [0.3, 0.4) is 0 Å². The standard InChI is InChI=1S/C22H17BrN6OS2/c1-12-18(13-6-4-3-5-7-13)25-21(32-12)24-17(30)11-31-22-26-20-19(27-28-22)15-10-14(23)8-9-16(15)29(20)2/h3-10H,11H2,1-2H3,(H,24,25,30). The van der Waals surface area contributed by atoms with Gasteiger partial charge in [0.25, 0.3) is 0 Å². The third-order valence-electron chi connectivity index (χ3n) is 4.96. The van der Waals surface area contributed by atoms with Gasteiger partial charge in [-0.25, -0.2) is 9.97 Å². The molecule has 5 aromatic rings. The summed E-state index contributed by atoms with van der Waals surface area (Å²) in [6, 6.07) is 15.9. The number of amides is 1. The van der Waals surface area contributed by atoms with Crippen LogP contribution >= 0.6 is 39.0 Å². The molecule has 0 fully saturated rings. The lowest BCUT2D eigenvalue weighted by molar-refractivity contribution is -0.113. The summed E-state index contributed by atoms with van der Waals surface area (Å²) < 4.78 is 2.96. The summed E-state index contributed by atoms with van der Waals surface area (Å²) in [5.41, 5.74) is 4.42. The molecule has 0 radical (unpaired) electrons. The number of rotatable bonds is 5. The van der Waals surface area contributed by atoms with Crippen molar-refractivity contribution in [2.24, 2.45) is 7.05 Å². The summed E-state index contributed by atoms with van der Waals surface area (Å²) in [6.07, 6.45) is 0. The SMILES string of the molecule is Cc1sc(NC(=O)CSc2nnc3c4cc(Br)ccc4n(C)c3n2)nc1-c1ccccc1. The van der Waals surface area contributed by atoms with Crippen LogP contribution in [0.2, 0.25) is 0 Å². The monoisotopic (exact) mass is 524 g/mol. The van der Waals surface area contributed by atoms with Crippen molar-refractivity contribution in [1.82, 2.24) is 24.7 Å². The van der Waals surface area contributed by atoms with Crippen molar-refractivity contribution >= 4 is 72.1 Å². The Hall–Kier alpha value is -2.82. The van der Waals surface area contributed by atoms with Crippen molar-refractivity contribution in [1.29, 1.82) is 0 Å². The molecule has 0 unspecified atom stereocenters. The summed E-state index contributed by atoms with van der Waals surface area (Å²) in [5.74, 6) is 0.00940. The first kappa shape index (κ1) is 21.0. The fourth-order valence-corrected chi connectivity index (χ4v) is 5.27. The van der Waals surface area contributed by atoms with E-state index in [0.717, 1.165) is 42.7 Å². The summed E-state index contributed by atoms with van der Waals surface area (Å²) in [5, 5.41) is 13.5. The molecule has 0 bridgehead atoms. The topological polar surface area (TPSA) is 85.6 Å². The molecule has 0 aliphatic heterocycles. The number of anilines is 1. The van der Waals surface area contributed by atoms with Gasteiger partial charge < -0.3 is 9.88 Å². The van der Waals surface area contributed by atoms with Gasteiger partial charge in [0.15, 0.2) is 10.8 Å². The van der Waals surface area contributed by atoms with Gasteiger partial charge in [0, 0.05) is 27.3 Å². The third kappa shape index (κ3) is 4.01. The van der Waals surface area contributed by atoms with Crippen LogP contribution in [0.25, 0.3) is 33.3 Å². The highest BCUT2D eigenvalue weighted by atomic mass is 79.9. The zero-order valence-electron chi connectivity index (χ0n) is 17.2. The molecule has 1 amide bonds. The second kappa shape index (κ2) is 8.61. The highest BCUT2D eigenvalue weighted by molar-refractivity contribution is 9.10. The number of thioether (sulfide) groups is 1. The number of halogens is 1. The first-order chi connectivity index (χ1) is 15.5. The van der Waals surface area contributed by atoms with E-state index in [2.05, 4.69) is 41.4 Å². The molecule has 32 heavy (non-hydrogen) atoms. The molecule has 0 aliphatic rings. The van der Waals surface area contributed by atoms with Crippen LogP contribution in [0.4, 0.5) is 5.13 Å². The maximum Gasteiger partial charge on any atom is 0.236 e. The summed E-state index contributed by atoms with van der Waals surface area (Å²) >= 11 is 6.21. The largest absolute Gasteiger partial charge is 0.327 e. The van der Waals surface area contributed by atoms with Crippen LogP contribution in [0.15, 0.2) is 58.2 Å². The minimum Gasteiger partial charge on any atom is -0.327 e. The van der Waals surface area contributed by atoms with E-state index in [0.29, 0.717) is 10.3 Å². The Balaban J connectivity index is 1.30. The second-order valence-electron chi connectivity index (χ2n) is 7.11. The number of carbonyl (C=O) groups is 1. The molecule has 10 heteroatoms. The van der Waals surface area contributed by atoms with Crippen molar-refractivity contribution in [3.05, 3.63) is 57.9 Å². The van der Waals surface area contributed by atoms with Crippen molar-refractivity contribution in [2.75, 3.05) is 11.1 Å². The van der Waals surface area contributed by atoms with Crippen molar-refractivity contribution in [3.63, 3.8) is 0 Å². The van der Waals surface area contributed by atoms with Gasteiger partial charge in [-0.1, -0.05) is 58.0 Å². The Morgan fingerprint density at radius 3 is 2.78 bits per heavy atom. The smallest absolute Gasteiger partial charge is 0.236 e. The molecule has 5 rings (SSSR count). The molecule has 7 nitrogen and oxygen atoms in total. The molecule has 0 atom stereocenters. The number of nitrogens with one attached hydrogen (secondary N) is 1. The molecular weight excluding hydrogens is 508 g/mol. The molecule has 0 saturated heterocycles. The Labute approximate surface area is 200 Å². The Kier molecular flexibility index (Phi) is 5.66. The van der Waals surface area contributed by atoms with Gasteiger partial charge in [-0.3, -0.25) is 4.79 Å². The summed E-state index contributed by atoms with van der Waals surface area (Å²) in [4.78, 5) is 22.8. The first-order valence-electron chi connectivity index (χ1n) is 9.73. The van der Waals surface area contributed by atoms with E-state index in [1.165, 1.54) is 23.1 Å². The molecule has 3 heterocycles. The lowest BCUT2D eigenvalue weighted by Gasteiger charge is -2.02. The average molecular weight is 525 g/mol. The van der Waals surface area contributed by atoms with Gasteiger partial charge in [-0.15, -0.1) is 21.5 Å². The average Bonchev–Trinajstić information content (AvgIpc) is 3.29. The van der Waals surface area contributed by atoms with Crippen LogP contribution in [0.5, 0.6) is 0 Å². The van der Waals surface area contributed by atoms with Gasteiger partial charge in [0.2, 0.25) is 11.1 Å². The lowest BCUT2D eigenvalue weighted by atomic mass is 10.1. The highest BCUT2D eigenvalue weighted by Gasteiger charge is 2.15. The Bertz CT molecular complexity index is 1460. The Morgan fingerprint density at radius 2 is 1.97 bits per heavy atom. The molecular formula is C22H17BrN6OS2. The van der Waals surface area contributed by atoms with Crippen LogP contribution < -0.4 is 5.32 Å². The van der Waals surface area contributed by atoms with Crippen molar-refractivity contribution < 1.29 is 4.79 Å². The lowest BCUT2D eigenvalue weighted by Crippen LogP contribution is -2.14. The minimum absolute atomic E-state index is 0.159. The molecule has 0 saturated carbocycles. The number of aryl methyl sites for hydroxylation is 2. The van der Waals surface area contributed by atoms with Crippen LogP contribution in [-0.4, -0.2) is 36.4 Å². The van der Waals surface area contributed by atoms with E-state index in [4.69, 9.17) is 0 Å². The van der Waals surface area contributed by atoms with Crippen molar-refractivity contribution in [3.8, 4) is 11.3 Å². The van der Waals surface area contributed by atoms with Gasteiger partial charge >= 0.3 is 0 Å². The van der Waals surface area contributed by atoms with E-state index in [9.17, 15) is 4.79 Å². The van der Waals surface area contributed by atoms with E-state index >= 15 is 0 Å². The summed E-state index contributed by atoms with van der Waals surface area (Å²) in [6.45, 7) is 2.00. The Morgan fingerprint density at radius 1 is 1.16 bits per heavy atom. The second-order valence-corrected chi connectivity index (χ2v) is 10.2. The van der Waals surface area contributed by atoms with Gasteiger partial charge in [0.1, 0.15) is 5.52 Å². The fourth-order valence-electron chi connectivity index (χ4n) is 3.48. The molecule has 2 aromatic carbocycles. The maximum atomic E-state index is 12.5. The predicted octanol–water partition coefficient (Wildman–Crippen LogP) is 5.44. The highest BCUT2D eigenvalue weighted by Crippen LogP contribution is 2.31. The number of thiazole rings is 1. The number of hydrogen-bond acceptors (Lipinski definition) is 7. The number of aromatic nitrogens is 5. The molecule has 3 aromatic heterocycles. The number of hydrogen-bond donors (Lipinski definition) is 1. The fraction of sp³-hybridized carbons (Fsp3) is 0.136. The zero-order chi connectivity index (χ0) is 22.2. The van der Waals surface area contributed by atoms with Gasteiger partial charge in [-0.05, 0) is 25.1 Å². The maximum absolute atomic E-state index is 12.5. The van der Waals surface area contributed by atoms with E-state index in [1.807, 2.05) is 67.1 Å². The van der Waals surface area contributed by atoms with Gasteiger partial charge in [0.05, 0.1) is 17.0 Å². The zero-order valence-corrected chi connectivity index (χ0v) is 20.4. The van der Waals surface area contributed by atoms with E-state index in [1.54, 1.807) is 0 Å². The molecule has 160 valence electrons. The number of fused-ring (bicyclic) bond motifs is 3. The quantitative estimate of drug-likeness (QED) is 0.308. The first-order valence-corrected chi connectivity index (χ1v) is 12.3.